The number of rotatable bonds is 7. The Labute approximate surface area is 114 Å². The van der Waals surface area contributed by atoms with Crippen molar-refractivity contribution < 1.29 is 14.6 Å². The van der Waals surface area contributed by atoms with Crippen LogP contribution in [0.2, 0.25) is 0 Å². The Morgan fingerprint density at radius 1 is 1.50 bits per heavy atom. The van der Waals surface area contributed by atoms with E-state index in [1.807, 2.05) is 6.92 Å². The molecule has 0 saturated carbocycles. The number of carboxylic acid groups (broad SMARTS) is 1. The molecule has 2 rings (SSSR count). The molecule has 2 heterocycles. The molecule has 0 radical (unpaired) electrons. The SMILES string of the molecule is CCOc1cncc(NCc2cn(CC(=O)O)nn2)n1. The second-order valence-corrected chi connectivity index (χ2v) is 3.83. The number of aromatic nitrogens is 5. The van der Waals surface area contributed by atoms with E-state index in [0.29, 0.717) is 30.5 Å². The zero-order chi connectivity index (χ0) is 14.4. The normalized spacial score (nSPS) is 10.2. The highest BCUT2D eigenvalue weighted by Gasteiger charge is 2.05. The maximum Gasteiger partial charge on any atom is 0.325 e. The van der Waals surface area contributed by atoms with Gasteiger partial charge in [0.2, 0.25) is 5.88 Å². The Morgan fingerprint density at radius 3 is 3.10 bits per heavy atom. The van der Waals surface area contributed by atoms with Gasteiger partial charge in [-0.15, -0.1) is 5.10 Å². The van der Waals surface area contributed by atoms with Gasteiger partial charge in [-0.3, -0.25) is 9.78 Å². The first-order valence-electron chi connectivity index (χ1n) is 5.97. The summed E-state index contributed by atoms with van der Waals surface area (Å²) in [4.78, 5) is 18.7. The third-order valence-electron chi connectivity index (χ3n) is 2.24. The topological polar surface area (TPSA) is 115 Å². The van der Waals surface area contributed by atoms with Crippen molar-refractivity contribution in [2.45, 2.75) is 20.0 Å². The van der Waals surface area contributed by atoms with Gasteiger partial charge in [0.05, 0.1) is 31.7 Å². The van der Waals surface area contributed by atoms with Crippen LogP contribution in [0.3, 0.4) is 0 Å². The molecule has 0 unspecified atom stereocenters. The van der Waals surface area contributed by atoms with Crippen molar-refractivity contribution in [3.05, 3.63) is 24.3 Å². The van der Waals surface area contributed by atoms with Gasteiger partial charge in [-0.05, 0) is 6.92 Å². The molecule has 20 heavy (non-hydrogen) atoms. The molecule has 9 nitrogen and oxygen atoms in total. The lowest BCUT2D eigenvalue weighted by Crippen LogP contribution is -2.09. The summed E-state index contributed by atoms with van der Waals surface area (Å²) in [6, 6.07) is 0. The Balaban J connectivity index is 1.92. The second kappa shape index (κ2) is 6.45. The molecule has 2 aromatic rings. The summed E-state index contributed by atoms with van der Waals surface area (Å²) in [6.07, 6.45) is 4.64. The van der Waals surface area contributed by atoms with Crippen LogP contribution >= 0.6 is 0 Å². The quantitative estimate of drug-likeness (QED) is 0.736. The summed E-state index contributed by atoms with van der Waals surface area (Å²) < 4.78 is 6.49. The minimum absolute atomic E-state index is 0.216. The Hall–Kier alpha value is -2.71. The number of ether oxygens (including phenoxy) is 1. The van der Waals surface area contributed by atoms with E-state index in [1.54, 1.807) is 12.4 Å². The lowest BCUT2D eigenvalue weighted by molar-refractivity contribution is -0.137. The molecule has 0 saturated heterocycles. The van der Waals surface area contributed by atoms with Crippen LogP contribution in [-0.4, -0.2) is 42.6 Å². The van der Waals surface area contributed by atoms with Crippen LogP contribution in [0, 0.1) is 0 Å². The monoisotopic (exact) mass is 278 g/mol. The fourth-order valence-electron chi connectivity index (χ4n) is 1.47. The average molecular weight is 278 g/mol. The van der Waals surface area contributed by atoms with E-state index in [2.05, 4.69) is 25.6 Å². The third-order valence-corrected chi connectivity index (χ3v) is 2.24. The zero-order valence-electron chi connectivity index (χ0n) is 10.9. The van der Waals surface area contributed by atoms with Crippen molar-refractivity contribution in [1.82, 2.24) is 25.0 Å². The van der Waals surface area contributed by atoms with Crippen molar-refractivity contribution in [3.8, 4) is 5.88 Å². The first kappa shape index (κ1) is 13.7. The number of hydrogen-bond acceptors (Lipinski definition) is 7. The Bertz CT molecular complexity index is 585. The van der Waals surface area contributed by atoms with Gasteiger partial charge in [0.25, 0.3) is 0 Å². The molecule has 0 atom stereocenters. The minimum atomic E-state index is -0.968. The molecule has 0 aliphatic heterocycles. The van der Waals surface area contributed by atoms with E-state index in [0.717, 1.165) is 0 Å². The largest absolute Gasteiger partial charge is 0.480 e. The lowest BCUT2D eigenvalue weighted by Gasteiger charge is -2.05. The fourth-order valence-corrected chi connectivity index (χ4v) is 1.47. The van der Waals surface area contributed by atoms with Gasteiger partial charge in [-0.2, -0.15) is 4.98 Å². The molecular formula is C11H14N6O3. The first-order chi connectivity index (χ1) is 9.67. The van der Waals surface area contributed by atoms with Crippen LogP contribution in [-0.2, 0) is 17.9 Å². The summed E-state index contributed by atoms with van der Waals surface area (Å²) in [5.41, 5.74) is 0.606. The van der Waals surface area contributed by atoms with Crippen molar-refractivity contribution in [1.29, 1.82) is 0 Å². The van der Waals surface area contributed by atoms with Crippen molar-refractivity contribution >= 4 is 11.8 Å². The van der Waals surface area contributed by atoms with Gasteiger partial charge >= 0.3 is 5.97 Å². The Kier molecular flexibility index (Phi) is 4.43. The van der Waals surface area contributed by atoms with E-state index in [9.17, 15) is 4.79 Å². The summed E-state index contributed by atoms with van der Waals surface area (Å²) >= 11 is 0. The fraction of sp³-hybridized carbons (Fsp3) is 0.364. The van der Waals surface area contributed by atoms with Gasteiger partial charge in [0.15, 0.2) is 0 Å². The van der Waals surface area contributed by atoms with Gasteiger partial charge in [0, 0.05) is 0 Å². The number of nitrogens with zero attached hydrogens (tertiary/aromatic N) is 5. The van der Waals surface area contributed by atoms with Gasteiger partial charge in [-0.25, -0.2) is 4.68 Å². The van der Waals surface area contributed by atoms with Crippen LogP contribution in [0.5, 0.6) is 5.88 Å². The average Bonchev–Trinajstić information content (AvgIpc) is 2.84. The molecule has 9 heteroatoms. The second-order valence-electron chi connectivity index (χ2n) is 3.83. The third kappa shape index (κ3) is 3.90. The first-order valence-corrected chi connectivity index (χ1v) is 5.97. The molecule has 0 aliphatic rings. The van der Waals surface area contributed by atoms with E-state index in [1.165, 1.54) is 10.9 Å². The highest BCUT2D eigenvalue weighted by Crippen LogP contribution is 2.09. The lowest BCUT2D eigenvalue weighted by atomic mass is 10.4. The van der Waals surface area contributed by atoms with Gasteiger partial charge in [0.1, 0.15) is 18.1 Å². The molecular weight excluding hydrogens is 264 g/mol. The number of carboxylic acids is 1. The number of carbonyl (C=O) groups is 1. The van der Waals surface area contributed by atoms with Crippen molar-refractivity contribution in [2.24, 2.45) is 0 Å². The molecule has 0 spiro atoms. The molecule has 2 N–H and O–H groups in total. The van der Waals surface area contributed by atoms with Crippen LogP contribution in [0.25, 0.3) is 0 Å². The smallest absolute Gasteiger partial charge is 0.325 e. The van der Waals surface area contributed by atoms with Crippen LogP contribution in [0.15, 0.2) is 18.6 Å². The van der Waals surface area contributed by atoms with E-state index in [4.69, 9.17) is 9.84 Å². The van der Waals surface area contributed by atoms with E-state index < -0.39 is 5.97 Å². The van der Waals surface area contributed by atoms with Gasteiger partial charge in [-0.1, -0.05) is 5.21 Å². The maximum atomic E-state index is 10.5. The summed E-state index contributed by atoms with van der Waals surface area (Å²) in [7, 11) is 0. The molecule has 0 aromatic carbocycles. The molecule has 106 valence electrons. The highest BCUT2D eigenvalue weighted by atomic mass is 16.5. The maximum absolute atomic E-state index is 10.5. The number of nitrogens with one attached hydrogen (secondary N) is 1. The zero-order valence-corrected chi connectivity index (χ0v) is 10.9. The minimum Gasteiger partial charge on any atom is -0.480 e. The van der Waals surface area contributed by atoms with Crippen LogP contribution < -0.4 is 10.1 Å². The number of hydrogen-bond donors (Lipinski definition) is 2. The highest BCUT2D eigenvalue weighted by molar-refractivity contribution is 5.66. The van der Waals surface area contributed by atoms with Gasteiger partial charge < -0.3 is 15.2 Å². The molecule has 0 fully saturated rings. The van der Waals surface area contributed by atoms with Crippen LogP contribution in [0.1, 0.15) is 12.6 Å². The molecule has 0 bridgehead atoms. The number of anilines is 1. The molecule has 0 amide bonds. The van der Waals surface area contributed by atoms with Crippen molar-refractivity contribution in [2.75, 3.05) is 11.9 Å². The standard InChI is InChI=1S/C11H14N6O3/c1-2-20-10-5-12-4-9(14-10)13-3-8-6-17(16-15-8)7-11(18)19/h4-6H,2-3,7H2,1H3,(H,13,14)(H,18,19). The Morgan fingerprint density at radius 2 is 2.35 bits per heavy atom. The van der Waals surface area contributed by atoms with E-state index >= 15 is 0 Å². The van der Waals surface area contributed by atoms with E-state index in [-0.39, 0.29) is 6.54 Å². The molecule has 0 aliphatic carbocycles. The molecule has 2 aromatic heterocycles. The predicted octanol–water partition coefficient (Wildman–Crippen LogP) is 0.163. The summed E-state index contributed by atoms with van der Waals surface area (Å²) in [5, 5.41) is 19.2. The summed E-state index contributed by atoms with van der Waals surface area (Å²) in [5.74, 6) is 0.0143. The summed E-state index contributed by atoms with van der Waals surface area (Å²) in [6.45, 7) is 2.53. The predicted molar refractivity (Wildman–Crippen MR) is 68.2 cm³/mol. The van der Waals surface area contributed by atoms with Crippen LogP contribution in [0.4, 0.5) is 5.82 Å². The van der Waals surface area contributed by atoms with Crippen molar-refractivity contribution in [3.63, 3.8) is 0 Å². The number of aliphatic carboxylic acids is 1.